The number of fused-ring (bicyclic) bond motifs is 1. The molecule has 6 nitrogen and oxygen atoms in total. The molecule has 4 rings (SSSR count). The first-order chi connectivity index (χ1) is 17.0. The molecule has 0 fully saturated rings. The Morgan fingerprint density at radius 2 is 1.71 bits per heavy atom. The first kappa shape index (κ1) is 24.7. The van der Waals surface area contributed by atoms with Crippen LogP contribution in [0.4, 0.5) is 5.69 Å². The lowest BCUT2D eigenvalue weighted by Crippen LogP contribution is -2.20. The largest absolute Gasteiger partial charge is 0.484 e. The summed E-state index contributed by atoms with van der Waals surface area (Å²) in [6.07, 6.45) is 4.49. The van der Waals surface area contributed by atoms with Crippen LogP contribution in [-0.4, -0.2) is 27.5 Å². The summed E-state index contributed by atoms with van der Waals surface area (Å²) in [7, 11) is 0. The lowest BCUT2D eigenvalue weighted by Gasteiger charge is -2.11. The van der Waals surface area contributed by atoms with Crippen LogP contribution < -0.4 is 10.1 Å². The zero-order valence-electron chi connectivity index (χ0n) is 20.4. The third kappa shape index (κ3) is 6.20. The Morgan fingerprint density at radius 1 is 1.03 bits per heavy atom. The smallest absolute Gasteiger partial charge is 0.262 e. The molecule has 0 spiro atoms. The monoisotopic (exact) mass is 490 g/mol. The minimum atomic E-state index is -0.299. The highest BCUT2D eigenvalue weighted by molar-refractivity contribution is 6.34. The highest BCUT2D eigenvalue weighted by atomic mass is 35.5. The second kappa shape index (κ2) is 11.4. The number of aryl methyl sites for hydroxylation is 1. The van der Waals surface area contributed by atoms with Gasteiger partial charge in [0, 0.05) is 0 Å². The van der Waals surface area contributed by atoms with Crippen molar-refractivity contribution in [3.8, 4) is 11.4 Å². The van der Waals surface area contributed by atoms with Crippen LogP contribution >= 0.6 is 11.6 Å². The molecule has 0 bridgehead atoms. The number of amides is 1. The molecule has 4 aromatic rings. The fourth-order valence-corrected chi connectivity index (χ4v) is 3.99. The molecule has 0 aliphatic heterocycles. The molecular formula is C28H31ClN4O2. The standard InChI is InChI=1S/C28H31ClN4O2/c1-4-6-7-20-8-12-22(13-9-20)33-31-26-16-24(29)25(17-27(26)32-33)30-28(34)18-35-23-14-10-21(11-15-23)19(3)5-2/h8-17,19H,4-7,18H2,1-3H3,(H,30,34)/t19-/m0/s1. The average Bonchev–Trinajstić information content (AvgIpc) is 3.29. The molecule has 1 aromatic heterocycles. The van der Waals surface area contributed by atoms with Crippen LogP contribution in [0.1, 0.15) is 57.1 Å². The van der Waals surface area contributed by atoms with Gasteiger partial charge in [-0.1, -0.05) is 63.1 Å². The van der Waals surface area contributed by atoms with Crippen molar-refractivity contribution < 1.29 is 9.53 Å². The van der Waals surface area contributed by atoms with Crippen molar-refractivity contribution >= 4 is 34.2 Å². The number of ether oxygens (including phenoxy) is 1. The fraction of sp³-hybridized carbons (Fsp3) is 0.321. The molecule has 182 valence electrons. The van der Waals surface area contributed by atoms with Gasteiger partial charge in [0.1, 0.15) is 16.8 Å². The Labute approximate surface area is 211 Å². The summed E-state index contributed by atoms with van der Waals surface area (Å²) >= 11 is 6.42. The van der Waals surface area contributed by atoms with Crippen molar-refractivity contribution in [2.45, 2.75) is 52.4 Å². The molecule has 0 radical (unpaired) electrons. The van der Waals surface area contributed by atoms with Gasteiger partial charge < -0.3 is 10.1 Å². The minimum Gasteiger partial charge on any atom is -0.484 e. The van der Waals surface area contributed by atoms with E-state index in [-0.39, 0.29) is 12.5 Å². The number of carbonyl (C=O) groups excluding carboxylic acids is 1. The average molecular weight is 491 g/mol. The molecule has 1 N–H and O–H groups in total. The SMILES string of the molecule is CCCCc1ccc(-n2nc3cc(Cl)c(NC(=O)COc4ccc([C@@H](C)CC)cc4)cc3n2)cc1. The summed E-state index contributed by atoms with van der Waals surface area (Å²) in [5.41, 5.74) is 5.19. The van der Waals surface area contributed by atoms with Gasteiger partial charge in [-0.2, -0.15) is 4.80 Å². The van der Waals surface area contributed by atoms with Crippen LogP contribution in [0, 0.1) is 0 Å². The molecule has 1 heterocycles. The first-order valence-electron chi connectivity index (χ1n) is 12.1. The van der Waals surface area contributed by atoms with E-state index in [4.69, 9.17) is 16.3 Å². The van der Waals surface area contributed by atoms with Gasteiger partial charge in [-0.15, -0.1) is 10.2 Å². The van der Waals surface area contributed by atoms with E-state index in [1.54, 1.807) is 16.9 Å². The van der Waals surface area contributed by atoms with E-state index in [1.807, 2.05) is 36.4 Å². The Kier molecular flexibility index (Phi) is 8.03. The number of hydrogen-bond donors (Lipinski definition) is 1. The molecule has 35 heavy (non-hydrogen) atoms. The van der Waals surface area contributed by atoms with Gasteiger partial charge >= 0.3 is 0 Å². The maximum Gasteiger partial charge on any atom is 0.262 e. The third-order valence-corrected chi connectivity index (χ3v) is 6.47. The summed E-state index contributed by atoms with van der Waals surface area (Å²) in [4.78, 5) is 14.1. The molecule has 7 heteroatoms. The van der Waals surface area contributed by atoms with Gasteiger partial charge in [-0.05, 0) is 72.7 Å². The van der Waals surface area contributed by atoms with Crippen molar-refractivity contribution in [3.63, 3.8) is 0 Å². The molecule has 0 saturated heterocycles. The van der Waals surface area contributed by atoms with Crippen molar-refractivity contribution in [1.82, 2.24) is 15.0 Å². The molecule has 0 saturated carbocycles. The van der Waals surface area contributed by atoms with Gasteiger partial charge in [0.05, 0.1) is 16.4 Å². The summed E-state index contributed by atoms with van der Waals surface area (Å²) in [6, 6.07) is 19.5. The van der Waals surface area contributed by atoms with Gasteiger partial charge in [0.15, 0.2) is 6.61 Å². The second-order valence-electron chi connectivity index (χ2n) is 8.80. The number of carbonyl (C=O) groups is 1. The summed E-state index contributed by atoms with van der Waals surface area (Å²) in [5.74, 6) is 0.845. The van der Waals surface area contributed by atoms with E-state index in [0.717, 1.165) is 18.5 Å². The fourth-order valence-electron chi connectivity index (χ4n) is 3.79. The Morgan fingerprint density at radius 3 is 2.37 bits per heavy atom. The van der Waals surface area contributed by atoms with Gasteiger partial charge in [0.2, 0.25) is 0 Å². The van der Waals surface area contributed by atoms with Crippen LogP contribution in [0.25, 0.3) is 16.7 Å². The molecule has 1 atom stereocenters. The minimum absolute atomic E-state index is 0.117. The van der Waals surface area contributed by atoms with Crippen LogP contribution in [0.2, 0.25) is 5.02 Å². The number of aromatic nitrogens is 3. The van der Waals surface area contributed by atoms with Crippen LogP contribution in [0.5, 0.6) is 5.75 Å². The summed E-state index contributed by atoms with van der Waals surface area (Å²) in [5, 5.41) is 12.3. The topological polar surface area (TPSA) is 69.0 Å². The van der Waals surface area contributed by atoms with E-state index >= 15 is 0 Å². The van der Waals surface area contributed by atoms with Crippen LogP contribution in [0.15, 0.2) is 60.7 Å². The van der Waals surface area contributed by atoms with Crippen LogP contribution in [0.3, 0.4) is 0 Å². The number of halogens is 1. The van der Waals surface area contributed by atoms with Gasteiger partial charge in [-0.3, -0.25) is 4.79 Å². The number of unbranched alkanes of at least 4 members (excludes halogenated alkanes) is 1. The van der Waals surface area contributed by atoms with E-state index in [9.17, 15) is 4.79 Å². The lowest BCUT2D eigenvalue weighted by molar-refractivity contribution is -0.118. The zero-order valence-corrected chi connectivity index (χ0v) is 21.2. The Balaban J connectivity index is 1.41. The summed E-state index contributed by atoms with van der Waals surface area (Å²) in [6.45, 7) is 6.42. The molecular weight excluding hydrogens is 460 g/mol. The van der Waals surface area contributed by atoms with Crippen molar-refractivity contribution in [2.24, 2.45) is 0 Å². The quantitative estimate of drug-likeness (QED) is 0.261. The summed E-state index contributed by atoms with van der Waals surface area (Å²) < 4.78 is 5.64. The number of benzene rings is 3. The van der Waals surface area contributed by atoms with Crippen LogP contribution in [-0.2, 0) is 11.2 Å². The van der Waals surface area contributed by atoms with E-state index < -0.39 is 0 Å². The highest BCUT2D eigenvalue weighted by Crippen LogP contribution is 2.27. The molecule has 0 aliphatic carbocycles. The Hall–Kier alpha value is -3.38. The van der Waals surface area contributed by atoms with Crippen molar-refractivity contribution in [2.75, 3.05) is 11.9 Å². The number of anilines is 1. The maximum atomic E-state index is 12.5. The molecule has 3 aromatic carbocycles. The predicted molar refractivity (Wildman–Crippen MR) is 142 cm³/mol. The van der Waals surface area contributed by atoms with Gasteiger partial charge in [0.25, 0.3) is 5.91 Å². The predicted octanol–water partition coefficient (Wildman–Crippen LogP) is 6.95. The molecule has 0 unspecified atom stereocenters. The Bertz CT molecular complexity index is 1280. The zero-order chi connectivity index (χ0) is 24.8. The number of rotatable bonds is 10. The number of hydrogen-bond acceptors (Lipinski definition) is 4. The first-order valence-corrected chi connectivity index (χ1v) is 12.5. The van der Waals surface area contributed by atoms with E-state index in [1.165, 1.54) is 24.0 Å². The van der Waals surface area contributed by atoms with Gasteiger partial charge in [-0.25, -0.2) is 0 Å². The number of nitrogens with zero attached hydrogens (tertiary/aromatic N) is 3. The lowest BCUT2D eigenvalue weighted by atomic mass is 9.99. The van der Waals surface area contributed by atoms with E-state index in [2.05, 4.69) is 48.4 Å². The number of nitrogens with one attached hydrogen (secondary N) is 1. The van der Waals surface area contributed by atoms with Crippen molar-refractivity contribution in [1.29, 1.82) is 0 Å². The normalized spacial score (nSPS) is 12.0. The van der Waals surface area contributed by atoms with E-state index in [0.29, 0.717) is 33.4 Å². The highest BCUT2D eigenvalue weighted by Gasteiger charge is 2.13. The maximum absolute atomic E-state index is 12.5. The van der Waals surface area contributed by atoms with Crippen molar-refractivity contribution in [3.05, 3.63) is 76.8 Å². The molecule has 1 amide bonds. The second-order valence-corrected chi connectivity index (χ2v) is 9.20. The molecule has 0 aliphatic rings. The third-order valence-electron chi connectivity index (χ3n) is 6.16.